The summed E-state index contributed by atoms with van der Waals surface area (Å²) in [5.74, 6) is -3.97. The lowest BCUT2D eigenvalue weighted by Crippen LogP contribution is -2.56. The van der Waals surface area contributed by atoms with Gasteiger partial charge in [-0.1, -0.05) is 26.0 Å². The zero-order valence-corrected chi connectivity index (χ0v) is 15.7. The molecule has 28 heavy (non-hydrogen) atoms. The second-order valence-corrected chi connectivity index (χ2v) is 6.78. The number of nitrogens with two attached hydrogens (primary N) is 2. The number of nitrogens with one attached hydrogen (secondary N) is 2. The van der Waals surface area contributed by atoms with E-state index in [4.69, 9.17) is 11.5 Å². The van der Waals surface area contributed by atoms with E-state index >= 15 is 0 Å². The van der Waals surface area contributed by atoms with Crippen LogP contribution in [0.15, 0.2) is 24.3 Å². The van der Waals surface area contributed by atoms with Crippen LogP contribution in [0, 0.1) is 5.92 Å². The standard InChI is InChI=1S/C18H26N4O6/c1-9(2)15(18(27)28)22-17(26)13(8-14(20)24)21-16(25)12(19)7-10-3-5-11(23)6-4-10/h3-6,9,12-13,15,23H,7-8,19H2,1-2H3,(H2,20,24)(H,21,25)(H,22,26)(H,27,28)/t12-,13-,15-/m0/s1. The molecule has 0 unspecified atom stereocenters. The average Bonchev–Trinajstić information content (AvgIpc) is 2.59. The van der Waals surface area contributed by atoms with Crippen LogP contribution >= 0.6 is 0 Å². The van der Waals surface area contributed by atoms with Crippen LogP contribution < -0.4 is 22.1 Å². The number of aliphatic carboxylic acids is 1. The van der Waals surface area contributed by atoms with E-state index in [1.807, 2.05) is 0 Å². The summed E-state index contributed by atoms with van der Waals surface area (Å²) in [7, 11) is 0. The minimum Gasteiger partial charge on any atom is -0.508 e. The molecule has 0 fully saturated rings. The Morgan fingerprint density at radius 3 is 2.07 bits per heavy atom. The molecule has 0 aliphatic rings. The quantitative estimate of drug-likeness (QED) is 0.289. The summed E-state index contributed by atoms with van der Waals surface area (Å²) >= 11 is 0. The molecule has 0 aromatic heterocycles. The van der Waals surface area contributed by atoms with Crippen LogP contribution in [0.5, 0.6) is 5.75 Å². The van der Waals surface area contributed by atoms with E-state index in [9.17, 15) is 29.4 Å². The van der Waals surface area contributed by atoms with Crippen molar-refractivity contribution in [1.82, 2.24) is 10.6 Å². The minimum atomic E-state index is -1.35. The van der Waals surface area contributed by atoms with Crippen LogP contribution in [-0.4, -0.2) is 52.0 Å². The molecular formula is C18H26N4O6. The molecule has 0 radical (unpaired) electrons. The van der Waals surface area contributed by atoms with Gasteiger partial charge < -0.3 is 32.3 Å². The van der Waals surface area contributed by atoms with Crippen LogP contribution in [0.4, 0.5) is 0 Å². The summed E-state index contributed by atoms with van der Waals surface area (Å²) < 4.78 is 0. The predicted molar refractivity (Wildman–Crippen MR) is 99.9 cm³/mol. The number of amides is 3. The van der Waals surface area contributed by atoms with Crippen molar-refractivity contribution in [3.05, 3.63) is 29.8 Å². The molecule has 0 heterocycles. The summed E-state index contributed by atoms with van der Waals surface area (Å²) in [6, 6.07) is 2.50. The molecule has 0 saturated heterocycles. The summed E-state index contributed by atoms with van der Waals surface area (Å²) in [6.07, 6.45) is -0.380. The number of phenols is 1. The maximum absolute atomic E-state index is 12.4. The van der Waals surface area contributed by atoms with Gasteiger partial charge in [-0.05, 0) is 30.0 Å². The van der Waals surface area contributed by atoms with Gasteiger partial charge in [-0.3, -0.25) is 14.4 Å². The molecule has 3 amide bonds. The highest BCUT2D eigenvalue weighted by atomic mass is 16.4. The lowest BCUT2D eigenvalue weighted by atomic mass is 10.0. The van der Waals surface area contributed by atoms with E-state index < -0.39 is 54.2 Å². The molecule has 1 rings (SSSR count). The first-order chi connectivity index (χ1) is 13.0. The van der Waals surface area contributed by atoms with Crippen LogP contribution in [0.3, 0.4) is 0 Å². The zero-order chi connectivity index (χ0) is 21.4. The molecule has 0 aliphatic carbocycles. The van der Waals surface area contributed by atoms with E-state index in [0.29, 0.717) is 5.56 Å². The van der Waals surface area contributed by atoms with Crippen molar-refractivity contribution in [2.75, 3.05) is 0 Å². The number of carboxylic acid groups (broad SMARTS) is 1. The SMILES string of the molecule is CC(C)[C@H](NC(=O)[C@H](CC(N)=O)NC(=O)[C@@H](N)Cc1ccc(O)cc1)C(=O)O. The number of hydrogen-bond donors (Lipinski definition) is 6. The van der Waals surface area contributed by atoms with Gasteiger partial charge in [0.2, 0.25) is 17.7 Å². The number of carbonyl (C=O) groups excluding carboxylic acids is 3. The maximum atomic E-state index is 12.4. The van der Waals surface area contributed by atoms with Gasteiger partial charge in [0.25, 0.3) is 0 Å². The second-order valence-electron chi connectivity index (χ2n) is 6.78. The first kappa shape index (κ1) is 22.9. The zero-order valence-electron chi connectivity index (χ0n) is 15.7. The molecule has 8 N–H and O–H groups in total. The Balaban J connectivity index is 2.81. The highest BCUT2D eigenvalue weighted by molar-refractivity contribution is 5.94. The fraction of sp³-hybridized carbons (Fsp3) is 0.444. The molecular weight excluding hydrogens is 368 g/mol. The highest BCUT2D eigenvalue weighted by Crippen LogP contribution is 2.11. The summed E-state index contributed by atoms with van der Waals surface area (Å²) in [5, 5.41) is 23.1. The van der Waals surface area contributed by atoms with Crippen molar-refractivity contribution in [3.63, 3.8) is 0 Å². The van der Waals surface area contributed by atoms with Gasteiger partial charge in [0.05, 0.1) is 12.5 Å². The summed E-state index contributed by atoms with van der Waals surface area (Å²) in [4.78, 5) is 47.2. The van der Waals surface area contributed by atoms with E-state index in [0.717, 1.165) is 0 Å². The molecule has 10 heteroatoms. The van der Waals surface area contributed by atoms with Gasteiger partial charge in [0, 0.05) is 0 Å². The topological polar surface area (TPSA) is 185 Å². The predicted octanol–water partition coefficient (Wildman–Crippen LogP) is -1.15. The molecule has 0 spiro atoms. The molecule has 1 aromatic rings. The van der Waals surface area contributed by atoms with E-state index in [2.05, 4.69) is 10.6 Å². The van der Waals surface area contributed by atoms with Gasteiger partial charge in [-0.25, -0.2) is 4.79 Å². The first-order valence-electron chi connectivity index (χ1n) is 8.66. The smallest absolute Gasteiger partial charge is 0.326 e. The third-order valence-electron chi connectivity index (χ3n) is 4.00. The van der Waals surface area contributed by atoms with Gasteiger partial charge in [0.15, 0.2) is 0 Å². The van der Waals surface area contributed by atoms with Crippen molar-refractivity contribution in [2.45, 2.75) is 44.8 Å². The number of primary amides is 1. The third kappa shape index (κ3) is 7.23. The molecule has 0 aliphatic heterocycles. The van der Waals surface area contributed by atoms with Crippen molar-refractivity contribution >= 4 is 23.7 Å². The van der Waals surface area contributed by atoms with Crippen molar-refractivity contribution in [2.24, 2.45) is 17.4 Å². The highest BCUT2D eigenvalue weighted by Gasteiger charge is 2.30. The minimum absolute atomic E-state index is 0.0677. The molecule has 0 saturated carbocycles. The largest absolute Gasteiger partial charge is 0.508 e. The molecule has 0 bridgehead atoms. The summed E-state index contributed by atoms with van der Waals surface area (Å²) in [5.41, 5.74) is 11.7. The normalized spacial score (nSPS) is 14.0. The molecule has 3 atom stereocenters. The Morgan fingerprint density at radius 2 is 1.61 bits per heavy atom. The lowest BCUT2D eigenvalue weighted by Gasteiger charge is -2.23. The van der Waals surface area contributed by atoms with Crippen LogP contribution in [-0.2, 0) is 25.6 Å². The Labute approximate surface area is 162 Å². The number of benzene rings is 1. The van der Waals surface area contributed by atoms with Crippen molar-refractivity contribution in [1.29, 1.82) is 0 Å². The van der Waals surface area contributed by atoms with Gasteiger partial charge in [-0.2, -0.15) is 0 Å². The third-order valence-corrected chi connectivity index (χ3v) is 4.00. The molecule has 1 aromatic carbocycles. The Hall–Kier alpha value is -3.14. The van der Waals surface area contributed by atoms with Crippen LogP contribution in [0.1, 0.15) is 25.8 Å². The Bertz CT molecular complexity index is 719. The fourth-order valence-electron chi connectivity index (χ4n) is 2.44. The van der Waals surface area contributed by atoms with E-state index in [1.165, 1.54) is 12.1 Å². The monoisotopic (exact) mass is 394 g/mol. The van der Waals surface area contributed by atoms with Crippen LogP contribution in [0.25, 0.3) is 0 Å². The molecule has 154 valence electrons. The van der Waals surface area contributed by atoms with Crippen molar-refractivity contribution < 1.29 is 29.4 Å². The van der Waals surface area contributed by atoms with Gasteiger partial charge in [0.1, 0.15) is 17.8 Å². The number of phenolic OH excluding ortho intramolecular Hbond substituents is 1. The van der Waals surface area contributed by atoms with Gasteiger partial charge >= 0.3 is 5.97 Å². The number of hydrogen-bond acceptors (Lipinski definition) is 6. The number of aromatic hydroxyl groups is 1. The van der Waals surface area contributed by atoms with Crippen LogP contribution in [0.2, 0.25) is 0 Å². The number of carboxylic acids is 1. The lowest BCUT2D eigenvalue weighted by molar-refractivity contribution is -0.143. The van der Waals surface area contributed by atoms with E-state index in [-0.39, 0.29) is 12.2 Å². The second kappa shape index (κ2) is 10.3. The number of carbonyl (C=O) groups is 4. The average molecular weight is 394 g/mol. The van der Waals surface area contributed by atoms with E-state index in [1.54, 1.807) is 26.0 Å². The Morgan fingerprint density at radius 1 is 1.04 bits per heavy atom. The van der Waals surface area contributed by atoms with Gasteiger partial charge in [-0.15, -0.1) is 0 Å². The fourth-order valence-corrected chi connectivity index (χ4v) is 2.44. The maximum Gasteiger partial charge on any atom is 0.326 e. The Kier molecular flexibility index (Phi) is 8.39. The van der Waals surface area contributed by atoms with Crippen molar-refractivity contribution in [3.8, 4) is 5.75 Å². The summed E-state index contributed by atoms with van der Waals surface area (Å²) in [6.45, 7) is 3.21. The molecule has 10 nitrogen and oxygen atoms in total. The number of rotatable bonds is 10. The first-order valence-corrected chi connectivity index (χ1v) is 8.66.